The van der Waals surface area contributed by atoms with Crippen LogP contribution in [0.5, 0.6) is 0 Å². The molecule has 0 saturated carbocycles. The second kappa shape index (κ2) is 5.29. The van der Waals surface area contributed by atoms with Crippen molar-refractivity contribution in [1.82, 2.24) is 10.4 Å². The van der Waals surface area contributed by atoms with Gasteiger partial charge in [-0.1, -0.05) is 6.07 Å². The predicted octanol–water partition coefficient (Wildman–Crippen LogP) is -1.50. The molecule has 0 aliphatic rings. The molecule has 0 bridgehead atoms. The van der Waals surface area contributed by atoms with Crippen molar-refractivity contribution in [2.45, 2.75) is 0 Å². The maximum atomic E-state index is 7.35. The fraction of sp³-hybridized carbons (Fsp3) is 0. The SMILES string of the molecule is N=C(N)/C(=N\N/C(N)=N/N)c1ccccn1. The zero-order valence-corrected chi connectivity index (χ0v) is 8.38. The average molecular weight is 220 g/mol. The first kappa shape index (κ1) is 11.4. The minimum Gasteiger partial charge on any atom is -0.382 e. The Bertz CT molecular complexity index is 421. The van der Waals surface area contributed by atoms with Crippen LogP contribution in [0.15, 0.2) is 34.6 Å². The number of nitrogens with one attached hydrogen (secondary N) is 2. The molecule has 0 radical (unpaired) electrons. The monoisotopic (exact) mass is 220 g/mol. The largest absolute Gasteiger partial charge is 0.382 e. The van der Waals surface area contributed by atoms with Crippen LogP contribution in [0.3, 0.4) is 0 Å². The van der Waals surface area contributed by atoms with Crippen LogP contribution in [0.4, 0.5) is 0 Å². The van der Waals surface area contributed by atoms with Crippen molar-refractivity contribution < 1.29 is 0 Å². The van der Waals surface area contributed by atoms with Crippen molar-refractivity contribution in [2.24, 2.45) is 27.5 Å². The van der Waals surface area contributed by atoms with Crippen LogP contribution in [-0.2, 0) is 0 Å². The quantitative estimate of drug-likeness (QED) is 0.182. The fourth-order valence-electron chi connectivity index (χ4n) is 0.900. The number of aromatic nitrogens is 1. The van der Waals surface area contributed by atoms with Crippen LogP contribution in [-0.4, -0.2) is 22.5 Å². The van der Waals surface area contributed by atoms with Gasteiger partial charge in [-0.2, -0.15) is 5.10 Å². The molecule has 0 spiro atoms. The summed E-state index contributed by atoms with van der Waals surface area (Å²) in [6.45, 7) is 0. The third-order valence-corrected chi connectivity index (χ3v) is 1.58. The van der Waals surface area contributed by atoms with Gasteiger partial charge >= 0.3 is 0 Å². The van der Waals surface area contributed by atoms with E-state index in [0.29, 0.717) is 5.69 Å². The summed E-state index contributed by atoms with van der Waals surface area (Å²) in [5.74, 6) is 4.58. The lowest BCUT2D eigenvalue weighted by Gasteiger charge is -2.04. The van der Waals surface area contributed by atoms with Gasteiger partial charge < -0.3 is 17.3 Å². The number of rotatable bonds is 3. The van der Waals surface area contributed by atoms with Crippen molar-refractivity contribution in [2.75, 3.05) is 0 Å². The molecule has 8 heteroatoms. The second-order valence-electron chi connectivity index (χ2n) is 2.72. The summed E-state index contributed by atoms with van der Waals surface area (Å²) in [5, 5.41) is 14.3. The number of pyridine rings is 1. The van der Waals surface area contributed by atoms with Crippen LogP contribution in [0.1, 0.15) is 5.69 Å². The van der Waals surface area contributed by atoms with Gasteiger partial charge in [0.05, 0.1) is 5.69 Å². The van der Waals surface area contributed by atoms with Gasteiger partial charge in [-0.15, -0.1) is 5.10 Å². The number of amidine groups is 1. The summed E-state index contributed by atoms with van der Waals surface area (Å²) in [7, 11) is 0. The first-order valence-corrected chi connectivity index (χ1v) is 4.28. The number of guanidine groups is 1. The first-order valence-electron chi connectivity index (χ1n) is 4.28. The van der Waals surface area contributed by atoms with E-state index in [-0.39, 0.29) is 17.5 Å². The van der Waals surface area contributed by atoms with Gasteiger partial charge in [-0.3, -0.25) is 10.4 Å². The fourth-order valence-corrected chi connectivity index (χ4v) is 0.900. The Balaban J connectivity index is 2.97. The molecule has 0 aliphatic carbocycles. The molecule has 1 aromatic rings. The highest BCUT2D eigenvalue weighted by atomic mass is 15.4. The van der Waals surface area contributed by atoms with Gasteiger partial charge in [-0.05, 0) is 12.1 Å². The minimum atomic E-state index is -0.240. The average Bonchev–Trinajstić information content (AvgIpc) is 2.30. The van der Waals surface area contributed by atoms with E-state index in [1.165, 1.54) is 0 Å². The molecule has 0 atom stereocenters. The van der Waals surface area contributed by atoms with E-state index in [1.807, 2.05) is 0 Å². The van der Waals surface area contributed by atoms with Crippen molar-refractivity contribution in [3.05, 3.63) is 30.1 Å². The Morgan fingerprint density at radius 2 is 2.12 bits per heavy atom. The highest BCUT2D eigenvalue weighted by Crippen LogP contribution is 1.95. The molecule has 8 N–H and O–H groups in total. The van der Waals surface area contributed by atoms with E-state index in [1.54, 1.807) is 24.4 Å². The Hall–Kier alpha value is -2.64. The van der Waals surface area contributed by atoms with E-state index in [0.717, 1.165) is 0 Å². The zero-order chi connectivity index (χ0) is 12.0. The van der Waals surface area contributed by atoms with Crippen LogP contribution < -0.4 is 22.7 Å². The molecule has 0 aliphatic heterocycles. The molecule has 0 fully saturated rings. The number of hydrazone groups is 2. The lowest BCUT2D eigenvalue weighted by atomic mass is 10.2. The minimum absolute atomic E-state index is 0.0883. The van der Waals surface area contributed by atoms with Crippen LogP contribution in [0.25, 0.3) is 0 Å². The topological polar surface area (TPSA) is 152 Å². The first-order chi connectivity index (χ1) is 7.65. The zero-order valence-electron chi connectivity index (χ0n) is 8.38. The number of nitrogens with two attached hydrogens (primary N) is 3. The molecule has 1 aromatic heterocycles. The molecule has 0 saturated heterocycles. The Labute approximate surface area is 91.7 Å². The number of nitrogens with zero attached hydrogens (tertiary/aromatic N) is 3. The summed E-state index contributed by atoms with van der Waals surface area (Å²) in [5.41, 5.74) is 13.6. The third-order valence-electron chi connectivity index (χ3n) is 1.58. The maximum absolute atomic E-state index is 7.35. The lowest BCUT2D eigenvalue weighted by Crippen LogP contribution is -2.33. The number of hydrogen-bond acceptors (Lipinski definition) is 5. The molecule has 1 heterocycles. The van der Waals surface area contributed by atoms with E-state index in [4.69, 9.17) is 22.7 Å². The van der Waals surface area contributed by atoms with Gasteiger partial charge in [0.1, 0.15) is 5.84 Å². The highest BCUT2D eigenvalue weighted by molar-refractivity contribution is 6.45. The highest BCUT2D eigenvalue weighted by Gasteiger charge is 2.08. The van der Waals surface area contributed by atoms with E-state index >= 15 is 0 Å². The molecule has 0 aromatic carbocycles. The van der Waals surface area contributed by atoms with Crippen molar-refractivity contribution in [1.29, 1.82) is 5.41 Å². The molecule has 0 amide bonds. The smallest absolute Gasteiger partial charge is 0.231 e. The van der Waals surface area contributed by atoms with Crippen molar-refractivity contribution >= 4 is 17.5 Å². The molecule has 1 rings (SSSR count). The Morgan fingerprint density at radius 1 is 1.38 bits per heavy atom. The van der Waals surface area contributed by atoms with E-state index in [2.05, 4.69) is 20.6 Å². The van der Waals surface area contributed by atoms with Crippen molar-refractivity contribution in [3.63, 3.8) is 0 Å². The van der Waals surface area contributed by atoms with Gasteiger partial charge in [0.25, 0.3) is 0 Å². The summed E-state index contributed by atoms with van der Waals surface area (Å²) < 4.78 is 0. The molecular formula is C8H12N8. The Morgan fingerprint density at radius 3 is 2.62 bits per heavy atom. The molecule has 8 nitrogen and oxygen atoms in total. The standard InChI is InChI=1S/C8H12N8/c9-7(10)6(15-16-8(11)14-12)5-3-1-2-4-13-5/h1-4H,12H2,(H3,9,10)(H3,11,14,16)/b15-6-. The lowest BCUT2D eigenvalue weighted by molar-refractivity contribution is 0.985. The molecular weight excluding hydrogens is 208 g/mol. The molecule has 0 unspecified atom stereocenters. The van der Waals surface area contributed by atoms with Gasteiger partial charge in [0, 0.05) is 6.20 Å². The van der Waals surface area contributed by atoms with Crippen LogP contribution in [0.2, 0.25) is 0 Å². The normalized spacial score (nSPS) is 12.2. The van der Waals surface area contributed by atoms with E-state index < -0.39 is 0 Å². The number of hydrogen-bond donors (Lipinski definition) is 5. The van der Waals surface area contributed by atoms with Gasteiger partial charge in [0.2, 0.25) is 5.96 Å². The summed E-state index contributed by atoms with van der Waals surface area (Å²) in [4.78, 5) is 4.00. The predicted molar refractivity (Wildman–Crippen MR) is 61.6 cm³/mol. The van der Waals surface area contributed by atoms with Crippen LogP contribution in [0, 0.1) is 5.41 Å². The van der Waals surface area contributed by atoms with Crippen molar-refractivity contribution in [3.8, 4) is 0 Å². The summed E-state index contributed by atoms with van der Waals surface area (Å²) >= 11 is 0. The molecule has 84 valence electrons. The van der Waals surface area contributed by atoms with Gasteiger partial charge in [-0.25, -0.2) is 5.43 Å². The second-order valence-corrected chi connectivity index (χ2v) is 2.72. The Kier molecular flexibility index (Phi) is 3.78. The molecule has 16 heavy (non-hydrogen) atoms. The van der Waals surface area contributed by atoms with E-state index in [9.17, 15) is 0 Å². The third kappa shape index (κ3) is 2.94. The summed E-state index contributed by atoms with van der Waals surface area (Å²) in [6, 6.07) is 5.16. The summed E-state index contributed by atoms with van der Waals surface area (Å²) in [6.07, 6.45) is 1.56. The van der Waals surface area contributed by atoms with Crippen LogP contribution >= 0.6 is 0 Å². The maximum Gasteiger partial charge on any atom is 0.231 e. The van der Waals surface area contributed by atoms with Gasteiger partial charge in [0.15, 0.2) is 5.71 Å².